The predicted octanol–water partition coefficient (Wildman–Crippen LogP) is 2.22. The molecule has 0 aliphatic heterocycles. The van der Waals surface area contributed by atoms with Gasteiger partial charge in [-0.15, -0.1) is 0 Å². The van der Waals surface area contributed by atoms with E-state index in [2.05, 4.69) is 22.5 Å². The first-order chi connectivity index (χ1) is 9.13. The van der Waals surface area contributed by atoms with Crippen molar-refractivity contribution in [2.24, 2.45) is 5.92 Å². The van der Waals surface area contributed by atoms with Crippen LogP contribution in [0.4, 0.5) is 10.9 Å². The maximum Gasteiger partial charge on any atom is 0.265 e. The number of nitrogens with zero attached hydrogens (tertiary/aromatic N) is 1. The molecular weight excluding hydrogens is 260 g/mol. The first-order valence-electron chi connectivity index (χ1n) is 6.97. The highest BCUT2D eigenvalue weighted by molar-refractivity contribution is 7.18. The molecule has 2 aliphatic carbocycles. The van der Waals surface area contributed by atoms with Crippen LogP contribution in [0.15, 0.2) is 0 Å². The Bertz CT molecular complexity index is 483. The molecule has 5 nitrogen and oxygen atoms in total. The highest BCUT2D eigenvalue weighted by Gasteiger charge is 2.28. The van der Waals surface area contributed by atoms with E-state index in [0.717, 1.165) is 11.6 Å². The Morgan fingerprint density at radius 1 is 1.37 bits per heavy atom. The molecule has 1 heterocycles. The van der Waals surface area contributed by atoms with Crippen molar-refractivity contribution in [3.8, 4) is 0 Å². The summed E-state index contributed by atoms with van der Waals surface area (Å²) in [6.45, 7) is 2.19. The molecule has 2 saturated carbocycles. The summed E-state index contributed by atoms with van der Waals surface area (Å²) >= 11 is 1.36. The monoisotopic (exact) mass is 280 g/mol. The zero-order valence-corrected chi connectivity index (χ0v) is 11.9. The Kier molecular flexibility index (Phi) is 3.35. The fourth-order valence-corrected chi connectivity index (χ4v) is 3.42. The summed E-state index contributed by atoms with van der Waals surface area (Å²) in [6, 6.07) is 0.810. The molecular formula is C13H20N4OS. The van der Waals surface area contributed by atoms with Gasteiger partial charge in [0, 0.05) is 12.1 Å². The first-order valence-corrected chi connectivity index (χ1v) is 7.79. The van der Waals surface area contributed by atoms with Gasteiger partial charge in [-0.05, 0) is 31.6 Å². The Morgan fingerprint density at radius 3 is 2.79 bits per heavy atom. The van der Waals surface area contributed by atoms with Crippen LogP contribution in [0.25, 0.3) is 0 Å². The number of anilines is 2. The maximum atomic E-state index is 12.2. The van der Waals surface area contributed by atoms with Crippen LogP contribution in [0.1, 0.15) is 48.7 Å². The van der Waals surface area contributed by atoms with E-state index >= 15 is 0 Å². The molecule has 4 N–H and O–H groups in total. The lowest BCUT2D eigenvalue weighted by atomic mass is 10.1. The molecule has 0 aromatic carbocycles. The van der Waals surface area contributed by atoms with Gasteiger partial charge >= 0.3 is 0 Å². The van der Waals surface area contributed by atoms with Crippen LogP contribution < -0.4 is 16.4 Å². The number of hydrogen-bond donors (Lipinski definition) is 3. The lowest BCUT2D eigenvalue weighted by Gasteiger charge is -2.16. The highest BCUT2D eigenvalue weighted by atomic mass is 32.1. The third-order valence-corrected chi connectivity index (χ3v) is 4.94. The van der Waals surface area contributed by atoms with Crippen molar-refractivity contribution < 1.29 is 4.79 Å². The van der Waals surface area contributed by atoms with Gasteiger partial charge in [-0.3, -0.25) is 4.79 Å². The van der Waals surface area contributed by atoms with Crippen molar-refractivity contribution >= 4 is 28.2 Å². The highest BCUT2D eigenvalue weighted by Crippen LogP contribution is 2.31. The summed E-state index contributed by atoms with van der Waals surface area (Å²) in [5.74, 6) is 0.830. The second-order valence-corrected chi connectivity index (χ2v) is 6.64. The number of rotatable bonds is 4. The number of hydrogen-bond acceptors (Lipinski definition) is 5. The molecule has 104 valence electrons. The van der Waals surface area contributed by atoms with Crippen molar-refractivity contribution in [3.05, 3.63) is 4.88 Å². The molecule has 2 atom stereocenters. The van der Waals surface area contributed by atoms with Gasteiger partial charge in [-0.25, -0.2) is 4.98 Å². The maximum absolute atomic E-state index is 12.2. The number of amides is 1. The van der Waals surface area contributed by atoms with Crippen molar-refractivity contribution in [3.63, 3.8) is 0 Å². The molecule has 2 aliphatic rings. The van der Waals surface area contributed by atoms with Gasteiger partial charge in [0.05, 0.1) is 0 Å². The molecule has 6 heteroatoms. The van der Waals surface area contributed by atoms with Crippen molar-refractivity contribution in [1.29, 1.82) is 0 Å². The van der Waals surface area contributed by atoms with Gasteiger partial charge in [0.1, 0.15) is 10.7 Å². The average Bonchev–Trinajstić information content (AvgIpc) is 2.97. The van der Waals surface area contributed by atoms with E-state index in [9.17, 15) is 4.79 Å². The fraction of sp³-hybridized carbons (Fsp3) is 0.692. The lowest BCUT2D eigenvalue weighted by Crippen LogP contribution is -2.36. The average molecular weight is 280 g/mol. The van der Waals surface area contributed by atoms with Crippen molar-refractivity contribution in [2.75, 3.05) is 11.1 Å². The summed E-state index contributed by atoms with van der Waals surface area (Å²) in [5.41, 5.74) is 5.85. The number of nitrogens with one attached hydrogen (secondary N) is 2. The van der Waals surface area contributed by atoms with Gasteiger partial charge in [0.15, 0.2) is 5.13 Å². The number of nitrogens with two attached hydrogens (primary N) is 1. The fourth-order valence-electron chi connectivity index (χ4n) is 2.55. The number of carbonyl (C=O) groups excluding carboxylic acids is 1. The van der Waals surface area contributed by atoms with E-state index in [-0.39, 0.29) is 11.9 Å². The Morgan fingerprint density at radius 2 is 2.16 bits per heavy atom. The van der Waals surface area contributed by atoms with Crippen LogP contribution in [0.3, 0.4) is 0 Å². The zero-order valence-electron chi connectivity index (χ0n) is 11.1. The summed E-state index contributed by atoms with van der Waals surface area (Å²) < 4.78 is 0. The molecule has 2 fully saturated rings. The third kappa shape index (κ3) is 2.83. The minimum Gasteiger partial charge on any atom is -0.382 e. The molecule has 19 heavy (non-hydrogen) atoms. The summed E-state index contributed by atoms with van der Waals surface area (Å²) in [6.07, 6.45) is 5.82. The largest absolute Gasteiger partial charge is 0.382 e. The van der Waals surface area contributed by atoms with E-state index in [4.69, 9.17) is 5.73 Å². The molecule has 0 saturated heterocycles. The lowest BCUT2D eigenvalue weighted by molar-refractivity contribution is 0.0934. The predicted molar refractivity (Wildman–Crippen MR) is 77.4 cm³/mol. The standard InChI is InChI=1S/C13H20N4OS/c1-7-3-2-4-9(7)16-12(18)10-11(14)17-13(19-10)15-8-5-6-8/h7-9H,2-6,14H2,1H3,(H,15,17)(H,16,18). The molecule has 0 bridgehead atoms. The molecule has 2 unspecified atom stereocenters. The Labute approximate surface area is 117 Å². The van der Waals surface area contributed by atoms with Crippen molar-refractivity contribution in [2.45, 2.75) is 51.1 Å². The Hall–Kier alpha value is -1.30. The third-order valence-electron chi connectivity index (χ3n) is 3.94. The van der Waals surface area contributed by atoms with Gasteiger partial charge < -0.3 is 16.4 Å². The summed E-state index contributed by atoms with van der Waals surface area (Å²) in [5, 5.41) is 7.14. The number of carbonyl (C=O) groups is 1. The van der Waals surface area contributed by atoms with Gasteiger partial charge in [-0.2, -0.15) is 0 Å². The van der Waals surface area contributed by atoms with Gasteiger partial charge in [0.25, 0.3) is 5.91 Å². The van der Waals surface area contributed by atoms with Gasteiger partial charge in [-0.1, -0.05) is 24.7 Å². The van der Waals surface area contributed by atoms with Crippen LogP contribution in [0, 0.1) is 5.92 Å². The van der Waals surface area contributed by atoms with E-state index in [1.165, 1.54) is 37.0 Å². The zero-order chi connectivity index (χ0) is 13.4. The molecule has 0 spiro atoms. The quantitative estimate of drug-likeness (QED) is 0.790. The number of nitrogen functional groups attached to an aromatic ring is 1. The van der Waals surface area contributed by atoms with Crippen LogP contribution in [-0.4, -0.2) is 23.0 Å². The smallest absolute Gasteiger partial charge is 0.265 e. The number of thiazole rings is 1. The second kappa shape index (κ2) is 5.00. The van der Waals surface area contributed by atoms with E-state index in [1.807, 2.05) is 0 Å². The first kappa shape index (κ1) is 12.7. The van der Waals surface area contributed by atoms with E-state index < -0.39 is 0 Å². The van der Waals surface area contributed by atoms with Crippen LogP contribution >= 0.6 is 11.3 Å². The summed E-state index contributed by atoms with van der Waals surface area (Å²) in [4.78, 5) is 17.0. The van der Waals surface area contributed by atoms with E-state index in [1.54, 1.807) is 0 Å². The number of aromatic nitrogens is 1. The van der Waals surface area contributed by atoms with Gasteiger partial charge in [0.2, 0.25) is 0 Å². The molecule has 0 radical (unpaired) electrons. The van der Waals surface area contributed by atoms with Crippen LogP contribution in [0.2, 0.25) is 0 Å². The summed E-state index contributed by atoms with van der Waals surface area (Å²) in [7, 11) is 0. The van der Waals surface area contributed by atoms with Crippen LogP contribution in [0.5, 0.6) is 0 Å². The Balaban J connectivity index is 1.66. The molecule has 3 rings (SSSR count). The molecule has 1 amide bonds. The SMILES string of the molecule is CC1CCCC1NC(=O)c1sc(NC2CC2)nc1N. The van der Waals surface area contributed by atoms with E-state index in [0.29, 0.717) is 22.7 Å². The minimum atomic E-state index is -0.0717. The minimum absolute atomic E-state index is 0.0717. The normalized spacial score (nSPS) is 26.4. The van der Waals surface area contributed by atoms with Crippen LogP contribution in [-0.2, 0) is 0 Å². The molecule has 1 aromatic heterocycles. The topological polar surface area (TPSA) is 80.0 Å². The second-order valence-electron chi connectivity index (χ2n) is 5.64. The molecule has 1 aromatic rings. The van der Waals surface area contributed by atoms with Crippen molar-refractivity contribution in [1.82, 2.24) is 10.3 Å².